The largest absolute Gasteiger partial charge is 0.298 e. The van der Waals surface area contributed by atoms with Crippen LogP contribution in [0.15, 0.2) is 34.4 Å². The van der Waals surface area contributed by atoms with Crippen molar-refractivity contribution in [2.75, 3.05) is 0 Å². The van der Waals surface area contributed by atoms with E-state index in [0.717, 1.165) is 31.1 Å². The Bertz CT molecular complexity index is 342. The number of allylic oxidation sites excluding steroid dienone is 6. The summed E-state index contributed by atoms with van der Waals surface area (Å²) >= 11 is 0. The normalized spacial score (nSPS) is 20.4. The third-order valence-corrected chi connectivity index (χ3v) is 3.29. The van der Waals surface area contributed by atoms with Gasteiger partial charge in [-0.05, 0) is 58.4 Å². The Morgan fingerprint density at radius 1 is 1.38 bits per heavy atom. The van der Waals surface area contributed by atoms with Crippen LogP contribution in [0.25, 0.3) is 0 Å². The van der Waals surface area contributed by atoms with E-state index in [-0.39, 0.29) is 0 Å². The summed E-state index contributed by atoms with van der Waals surface area (Å²) in [6, 6.07) is 0. The summed E-state index contributed by atoms with van der Waals surface area (Å²) in [4.78, 5) is 10.4. The van der Waals surface area contributed by atoms with E-state index in [9.17, 15) is 4.79 Å². The first-order valence-corrected chi connectivity index (χ1v) is 6.08. The van der Waals surface area contributed by atoms with Crippen LogP contribution in [-0.4, -0.2) is 6.29 Å². The molecule has 0 fully saturated rings. The number of hydrogen-bond acceptors (Lipinski definition) is 1. The van der Waals surface area contributed by atoms with Crippen LogP contribution in [0, 0.1) is 0 Å². The molecular weight excluding hydrogens is 196 g/mol. The van der Waals surface area contributed by atoms with Crippen LogP contribution in [0.5, 0.6) is 0 Å². The van der Waals surface area contributed by atoms with Gasteiger partial charge in [-0.15, -0.1) is 0 Å². The zero-order valence-corrected chi connectivity index (χ0v) is 10.7. The van der Waals surface area contributed by atoms with Crippen molar-refractivity contribution in [1.82, 2.24) is 0 Å². The fraction of sp³-hybridized carbons (Fsp3) is 0.533. The van der Waals surface area contributed by atoms with Gasteiger partial charge in [-0.1, -0.05) is 28.9 Å². The predicted octanol–water partition coefficient (Wildman–Crippen LogP) is 4.36. The van der Waals surface area contributed by atoms with E-state index in [4.69, 9.17) is 0 Å². The van der Waals surface area contributed by atoms with Crippen LogP contribution >= 0.6 is 0 Å². The van der Waals surface area contributed by atoms with Gasteiger partial charge in [-0.2, -0.15) is 0 Å². The van der Waals surface area contributed by atoms with E-state index in [1.807, 2.05) is 13.0 Å². The highest BCUT2D eigenvalue weighted by atomic mass is 16.1. The molecule has 1 aliphatic rings. The van der Waals surface area contributed by atoms with Crippen molar-refractivity contribution in [3.8, 4) is 0 Å². The third kappa shape index (κ3) is 4.18. The molecule has 0 atom stereocenters. The van der Waals surface area contributed by atoms with Crippen molar-refractivity contribution in [3.05, 3.63) is 34.4 Å². The average Bonchev–Trinajstić information content (AvgIpc) is 2.29. The second-order valence-corrected chi connectivity index (χ2v) is 4.74. The van der Waals surface area contributed by atoms with Crippen molar-refractivity contribution < 1.29 is 4.79 Å². The van der Waals surface area contributed by atoms with Gasteiger partial charge < -0.3 is 0 Å². The minimum Gasteiger partial charge on any atom is -0.298 e. The van der Waals surface area contributed by atoms with Crippen molar-refractivity contribution in [2.45, 2.75) is 52.9 Å². The third-order valence-electron chi connectivity index (χ3n) is 3.29. The zero-order valence-electron chi connectivity index (χ0n) is 10.7. The lowest BCUT2D eigenvalue weighted by Gasteiger charge is -2.15. The van der Waals surface area contributed by atoms with Crippen LogP contribution in [-0.2, 0) is 4.79 Å². The van der Waals surface area contributed by atoms with Gasteiger partial charge in [0.05, 0.1) is 0 Å². The molecule has 1 nitrogen and oxygen atoms in total. The van der Waals surface area contributed by atoms with Gasteiger partial charge >= 0.3 is 0 Å². The second-order valence-electron chi connectivity index (χ2n) is 4.74. The summed E-state index contributed by atoms with van der Waals surface area (Å²) in [5.74, 6) is 0. The van der Waals surface area contributed by atoms with Crippen LogP contribution in [0.1, 0.15) is 52.9 Å². The molecule has 0 unspecified atom stereocenters. The van der Waals surface area contributed by atoms with Crippen LogP contribution in [0.2, 0.25) is 0 Å². The summed E-state index contributed by atoms with van der Waals surface area (Å²) in [5, 5.41) is 0. The van der Waals surface area contributed by atoms with E-state index in [1.165, 1.54) is 24.0 Å². The van der Waals surface area contributed by atoms with Gasteiger partial charge in [0.1, 0.15) is 6.29 Å². The molecule has 0 amide bonds. The highest BCUT2D eigenvalue weighted by Crippen LogP contribution is 2.26. The molecule has 0 N–H and O–H groups in total. The Balaban J connectivity index is 2.48. The number of aldehydes is 1. The van der Waals surface area contributed by atoms with Crippen molar-refractivity contribution in [3.63, 3.8) is 0 Å². The molecule has 0 heterocycles. The average molecular weight is 218 g/mol. The quantitative estimate of drug-likeness (QED) is 0.389. The highest BCUT2D eigenvalue weighted by Gasteiger charge is 2.07. The summed E-state index contributed by atoms with van der Waals surface area (Å²) in [6.45, 7) is 6.30. The van der Waals surface area contributed by atoms with Gasteiger partial charge in [-0.25, -0.2) is 0 Å². The molecule has 1 rings (SSSR count). The van der Waals surface area contributed by atoms with Crippen LogP contribution in [0.4, 0.5) is 0 Å². The Morgan fingerprint density at radius 2 is 2.12 bits per heavy atom. The topological polar surface area (TPSA) is 17.1 Å². The lowest BCUT2D eigenvalue weighted by atomic mass is 9.91. The standard InChI is InChI=1S/C15H22O/c1-12-7-9-15(10-8-12)14(3)6-4-5-13(2)11-16/h5,7,11H,4,6,8-10H2,1-3H3/b13-5+,15-14+. The maximum atomic E-state index is 10.4. The van der Waals surface area contributed by atoms with E-state index >= 15 is 0 Å². The van der Waals surface area contributed by atoms with E-state index in [1.54, 1.807) is 5.57 Å². The molecule has 0 radical (unpaired) electrons. The first kappa shape index (κ1) is 13.0. The van der Waals surface area contributed by atoms with Gasteiger partial charge in [0.2, 0.25) is 0 Å². The monoisotopic (exact) mass is 218 g/mol. The predicted molar refractivity (Wildman–Crippen MR) is 69.4 cm³/mol. The van der Waals surface area contributed by atoms with E-state index in [0.29, 0.717) is 0 Å². The maximum absolute atomic E-state index is 10.4. The van der Waals surface area contributed by atoms with Gasteiger partial charge in [-0.3, -0.25) is 4.79 Å². The molecule has 16 heavy (non-hydrogen) atoms. The first-order valence-electron chi connectivity index (χ1n) is 6.08. The number of carbonyl (C=O) groups excluding carboxylic acids is 1. The number of rotatable bonds is 4. The molecule has 0 spiro atoms. The molecule has 0 aliphatic heterocycles. The Kier molecular flexibility index (Phi) is 5.24. The zero-order chi connectivity index (χ0) is 12.0. The van der Waals surface area contributed by atoms with Crippen molar-refractivity contribution >= 4 is 6.29 Å². The first-order chi connectivity index (χ1) is 7.63. The van der Waals surface area contributed by atoms with E-state index in [2.05, 4.69) is 19.9 Å². The molecule has 1 heteroatoms. The van der Waals surface area contributed by atoms with Gasteiger partial charge in [0.15, 0.2) is 0 Å². The van der Waals surface area contributed by atoms with Gasteiger partial charge in [0, 0.05) is 0 Å². The fourth-order valence-corrected chi connectivity index (χ4v) is 1.98. The molecule has 0 bridgehead atoms. The molecule has 0 aromatic heterocycles. The molecule has 0 aromatic carbocycles. The van der Waals surface area contributed by atoms with E-state index < -0.39 is 0 Å². The summed E-state index contributed by atoms with van der Waals surface area (Å²) in [5.41, 5.74) is 5.48. The minimum absolute atomic E-state index is 0.845. The lowest BCUT2D eigenvalue weighted by Crippen LogP contribution is -1.96. The minimum atomic E-state index is 0.845. The molecule has 88 valence electrons. The highest BCUT2D eigenvalue weighted by molar-refractivity contribution is 5.71. The molecular formula is C15H22O. The van der Waals surface area contributed by atoms with Crippen LogP contribution in [0.3, 0.4) is 0 Å². The smallest absolute Gasteiger partial charge is 0.145 e. The summed E-state index contributed by atoms with van der Waals surface area (Å²) < 4.78 is 0. The Labute approximate surface area is 98.9 Å². The molecule has 0 saturated heterocycles. The Hall–Kier alpha value is -1.11. The van der Waals surface area contributed by atoms with Crippen molar-refractivity contribution in [1.29, 1.82) is 0 Å². The summed E-state index contributed by atoms with van der Waals surface area (Å²) in [6.07, 6.45) is 11.0. The fourth-order valence-electron chi connectivity index (χ4n) is 1.98. The summed E-state index contributed by atoms with van der Waals surface area (Å²) in [7, 11) is 0. The molecule has 0 saturated carbocycles. The van der Waals surface area contributed by atoms with Crippen LogP contribution < -0.4 is 0 Å². The van der Waals surface area contributed by atoms with Gasteiger partial charge in [0.25, 0.3) is 0 Å². The molecule has 0 aromatic rings. The lowest BCUT2D eigenvalue weighted by molar-refractivity contribution is -0.104. The SMILES string of the molecule is CC1=CC/C(=C(/C)CC/C=C(\C)C=O)CC1. The van der Waals surface area contributed by atoms with Crippen molar-refractivity contribution in [2.24, 2.45) is 0 Å². The Morgan fingerprint density at radius 3 is 2.69 bits per heavy atom. The maximum Gasteiger partial charge on any atom is 0.145 e. The molecule has 1 aliphatic carbocycles. The number of hydrogen-bond donors (Lipinski definition) is 0. The second kappa shape index (κ2) is 6.47. The number of carbonyl (C=O) groups is 1.